The Labute approximate surface area is 214 Å². The largest absolute Gasteiger partial charge is 0.452 e. The van der Waals surface area contributed by atoms with Gasteiger partial charge in [0.05, 0.1) is 40.9 Å². The van der Waals surface area contributed by atoms with Gasteiger partial charge in [-0.05, 0) is 42.8 Å². The molecule has 36 heavy (non-hydrogen) atoms. The summed E-state index contributed by atoms with van der Waals surface area (Å²) in [6, 6.07) is 14.4. The summed E-state index contributed by atoms with van der Waals surface area (Å²) in [5.74, 6) is -0.324. The van der Waals surface area contributed by atoms with Crippen molar-refractivity contribution in [1.82, 2.24) is 20.2 Å². The minimum absolute atomic E-state index is 0.128. The number of nitrogens with zero attached hydrogens (tertiary/aromatic N) is 4. The molecule has 0 aliphatic carbocycles. The van der Waals surface area contributed by atoms with Gasteiger partial charge in [0.2, 0.25) is 0 Å². The van der Waals surface area contributed by atoms with E-state index in [-0.39, 0.29) is 11.1 Å². The molecule has 2 amide bonds. The molecule has 0 saturated carbocycles. The number of carbonyl (C=O) groups is 2. The van der Waals surface area contributed by atoms with Crippen molar-refractivity contribution in [3.05, 3.63) is 82.2 Å². The number of H-pyrrole nitrogens is 1. The number of hydrogen-bond donors (Lipinski definition) is 2. The van der Waals surface area contributed by atoms with Crippen LogP contribution < -0.4 is 10.2 Å². The zero-order valence-corrected chi connectivity index (χ0v) is 20.7. The molecule has 0 atom stereocenters. The molecule has 3 aromatic heterocycles. The van der Waals surface area contributed by atoms with Gasteiger partial charge in [-0.15, -0.1) is 11.3 Å². The number of carbonyl (C=O) groups excluding carboxylic acids is 2. The standard InChI is InChI=1S/C25H19ClN6O3S/c1-14-29-21(13-36-14)24(33)30-19-8-15(9-20-18(19)12-28-31-20)16-10-22(23(26)27-11-16)32(25(34)35-2)17-6-4-3-5-7-17/h3-13H,1-2H3,(H,28,31)(H,30,33). The maximum Gasteiger partial charge on any atom is 0.418 e. The van der Waals surface area contributed by atoms with Gasteiger partial charge in [0.25, 0.3) is 5.91 Å². The van der Waals surface area contributed by atoms with Crippen LogP contribution in [0.3, 0.4) is 0 Å². The smallest absolute Gasteiger partial charge is 0.418 e. The second-order valence-electron chi connectivity index (χ2n) is 7.74. The lowest BCUT2D eigenvalue weighted by Gasteiger charge is -2.22. The number of anilines is 3. The van der Waals surface area contributed by atoms with Crippen LogP contribution in [0, 0.1) is 6.92 Å². The molecule has 2 aromatic carbocycles. The van der Waals surface area contributed by atoms with Crippen LogP contribution in [-0.4, -0.2) is 39.3 Å². The third-order valence-corrected chi connectivity index (χ3v) is 6.49. The number of thiazole rings is 1. The van der Waals surface area contributed by atoms with Gasteiger partial charge < -0.3 is 10.1 Å². The number of nitrogens with one attached hydrogen (secondary N) is 2. The summed E-state index contributed by atoms with van der Waals surface area (Å²) in [7, 11) is 1.30. The van der Waals surface area contributed by atoms with E-state index in [0.717, 1.165) is 16.0 Å². The number of amides is 2. The molecule has 5 rings (SSSR count). The average Bonchev–Trinajstić information content (AvgIpc) is 3.55. The number of fused-ring (bicyclic) bond motifs is 1. The van der Waals surface area contributed by atoms with Crippen molar-refractivity contribution in [2.45, 2.75) is 6.92 Å². The van der Waals surface area contributed by atoms with E-state index < -0.39 is 6.09 Å². The van der Waals surface area contributed by atoms with Crippen molar-refractivity contribution in [2.75, 3.05) is 17.3 Å². The fourth-order valence-corrected chi connectivity index (χ4v) is 4.52. The maximum absolute atomic E-state index is 12.8. The molecular formula is C25H19ClN6O3S. The Kier molecular flexibility index (Phi) is 6.36. The van der Waals surface area contributed by atoms with Crippen LogP contribution in [0.15, 0.2) is 66.3 Å². The van der Waals surface area contributed by atoms with Crippen LogP contribution in [0.4, 0.5) is 21.9 Å². The molecule has 9 nitrogen and oxygen atoms in total. The summed E-state index contributed by atoms with van der Waals surface area (Å²) in [6.45, 7) is 1.84. The van der Waals surface area contributed by atoms with Crippen LogP contribution in [0.2, 0.25) is 5.15 Å². The van der Waals surface area contributed by atoms with E-state index in [0.29, 0.717) is 33.8 Å². The fourth-order valence-electron chi connectivity index (χ4n) is 3.74. The van der Waals surface area contributed by atoms with Gasteiger partial charge >= 0.3 is 6.09 Å². The molecule has 11 heteroatoms. The number of aromatic amines is 1. The van der Waals surface area contributed by atoms with E-state index in [1.165, 1.54) is 23.3 Å². The highest BCUT2D eigenvalue weighted by Crippen LogP contribution is 2.36. The molecule has 0 fully saturated rings. The fraction of sp³-hybridized carbons (Fsp3) is 0.0800. The molecule has 0 spiro atoms. The number of ether oxygens (including phenoxy) is 1. The van der Waals surface area contributed by atoms with Gasteiger partial charge in [-0.2, -0.15) is 5.10 Å². The Morgan fingerprint density at radius 2 is 1.92 bits per heavy atom. The molecular weight excluding hydrogens is 500 g/mol. The third kappa shape index (κ3) is 4.51. The SMILES string of the molecule is COC(=O)N(c1ccccc1)c1cc(-c2cc(NC(=O)c3csc(C)n3)c3cn[nH]c3c2)cnc1Cl. The maximum atomic E-state index is 12.8. The van der Waals surface area contributed by atoms with Crippen molar-refractivity contribution in [2.24, 2.45) is 0 Å². The number of rotatable bonds is 5. The first-order valence-electron chi connectivity index (χ1n) is 10.7. The highest BCUT2D eigenvalue weighted by molar-refractivity contribution is 7.09. The number of halogens is 1. The Morgan fingerprint density at radius 3 is 2.64 bits per heavy atom. The molecule has 0 aliphatic heterocycles. The molecule has 0 bridgehead atoms. The van der Waals surface area contributed by atoms with Crippen molar-refractivity contribution >= 4 is 62.9 Å². The second kappa shape index (κ2) is 9.76. The van der Waals surface area contributed by atoms with Crippen molar-refractivity contribution in [3.63, 3.8) is 0 Å². The molecule has 0 aliphatic rings. The summed E-state index contributed by atoms with van der Waals surface area (Å²) in [5.41, 5.74) is 3.90. The number of benzene rings is 2. The van der Waals surface area contributed by atoms with Gasteiger partial charge in [0, 0.05) is 22.5 Å². The Bertz CT molecular complexity index is 1580. The Morgan fingerprint density at radius 1 is 1.11 bits per heavy atom. The lowest BCUT2D eigenvalue weighted by atomic mass is 10.0. The minimum Gasteiger partial charge on any atom is -0.452 e. The predicted octanol–water partition coefficient (Wildman–Crippen LogP) is 6.20. The summed E-state index contributed by atoms with van der Waals surface area (Å²) in [6.07, 6.45) is 2.62. The average molecular weight is 519 g/mol. The highest BCUT2D eigenvalue weighted by Gasteiger charge is 2.23. The van der Waals surface area contributed by atoms with Crippen LogP contribution in [-0.2, 0) is 4.74 Å². The molecule has 0 unspecified atom stereocenters. The van der Waals surface area contributed by atoms with Crippen LogP contribution in [0.25, 0.3) is 22.0 Å². The number of aromatic nitrogens is 4. The van der Waals surface area contributed by atoms with E-state index in [1.807, 2.05) is 25.1 Å². The first-order valence-corrected chi connectivity index (χ1v) is 12.0. The monoisotopic (exact) mass is 518 g/mol. The molecule has 0 radical (unpaired) electrons. The van der Waals surface area contributed by atoms with E-state index in [4.69, 9.17) is 16.3 Å². The summed E-state index contributed by atoms with van der Waals surface area (Å²) in [5, 5.41) is 13.4. The minimum atomic E-state index is -0.613. The van der Waals surface area contributed by atoms with Gasteiger partial charge in [0.1, 0.15) is 5.69 Å². The van der Waals surface area contributed by atoms with E-state index in [1.54, 1.807) is 48.1 Å². The summed E-state index contributed by atoms with van der Waals surface area (Å²) in [4.78, 5) is 35.5. The van der Waals surface area contributed by atoms with Crippen LogP contribution >= 0.6 is 22.9 Å². The third-order valence-electron chi connectivity index (χ3n) is 5.42. The molecule has 5 aromatic rings. The summed E-state index contributed by atoms with van der Waals surface area (Å²) < 4.78 is 5.01. The summed E-state index contributed by atoms with van der Waals surface area (Å²) >= 11 is 7.84. The van der Waals surface area contributed by atoms with Crippen LogP contribution in [0.5, 0.6) is 0 Å². The number of hydrogen-bond acceptors (Lipinski definition) is 7. The Hall–Kier alpha value is -4.28. The van der Waals surface area contributed by atoms with Crippen molar-refractivity contribution in [3.8, 4) is 11.1 Å². The van der Waals surface area contributed by atoms with Gasteiger partial charge in [-0.1, -0.05) is 29.8 Å². The van der Waals surface area contributed by atoms with E-state index in [2.05, 4.69) is 25.5 Å². The quantitative estimate of drug-likeness (QED) is 0.268. The number of pyridine rings is 1. The second-order valence-corrected chi connectivity index (χ2v) is 9.16. The zero-order chi connectivity index (χ0) is 25.2. The lowest BCUT2D eigenvalue weighted by molar-refractivity contribution is 0.102. The van der Waals surface area contributed by atoms with Crippen LogP contribution in [0.1, 0.15) is 15.5 Å². The topological polar surface area (TPSA) is 113 Å². The van der Waals surface area contributed by atoms with Crippen molar-refractivity contribution < 1.29 is 14.3 Å². The Balaban J connectivity index is 1.58. The van der Waals surface area contributed by atoms with E-state index >= 15 is 0 Å². The first-order chi connectivity index (χ1) is 17.4. The number of para-hydroxylation sites is 1. The van der Waals surface area contributed by atoms with E-state index in [9.17, 15) is 9.59 Å². The zero-order valence-electron chi connectivity index (χ0n) is 19.2. The number of aryl methyl sites for hydroxylation is 1. The predicted molar refractivity (Wildman–Crippen MR) is 140 cm³/mol. The first kappa shape index (κ1) is 23.5. The molecule has 0 saturated heterocycles. The highest BCUT2D eigenvalue weighted by atomic mass is 35.5. The molecule has 3 heterocycles. The lowest BCUT2D eigenvalue weighted by Crippen LogP contribution is -2.26. The molecule has 180 valence electrons. The van der Waals surface area contributed by atoms with Gasteiger partial charge in [-0.25, -0.2) is 19.7 Å². The number of methoxy groups -OCH3 is 1. The van der Waals surface area contributed by atoms with Gasteiger partial charge in [0.15, 0.2) is 5.15 Å². The molecule has 2 N–H and O–H groups in total. The normalized spacial score (nSPS) is 10.9. The van der Waals surface area contributed by atoms with Crippen molar-refractivity contribution in [1.29, 1.82) is 0 Å². The van der Waals surface area contributed by atoms with Gasteiger partial charge in [-0.3, -0.25) is 9.89 Å².